The molecule has 0 fully saturated rings. The van der Waals surface area contributed by atoms with Crippen molar-refractivity contribution in [3.05, 3.63) is 132 Å². The molecule has 0 aliphatic rings. The smallest absolute Gasteiger partial charge is 0.243 e. The molecule has 0 saturated carbocycles. The van der Waals surface area contributed by atoms with E-state index in [-0.39, 0.29) is 25.2 Å². The molecule has 0 spiro atoms. The molecule has 10 nitrogen and oxygen atoms in total. The van der Waals surface area contributed by atoms with E-state index in [1.54, 1.807) is 0 Å². The molecule has 49 heavy (non-hydrogen) atoms. The lowest BCUT2D eigenvalue weighted by molar-refractivity contribution is -0.132. The number of primary amides is 1. The fourth-order valence-corrected chi connectivity index (χ4v) is 5.73. The van der Waals surface area contributed by atoms with Crippen LogP contribution in [-0.4, -0.2) is 66.2 Å². The maximum absolute atomic E-state index is 13.4. The van der Waals surface area contributed by atoms with Crippen LogP contribution in [0.5, 0.6) is 0 Å². The zero-order valence-electron chi connectivity index (χ0n) is 27.3. The van der Waals surface area contributed by atoms with E-state index in [9.17, 15) is 24.0 Å². The number of carbonyl (C=O) groups is 5. The van der Waals surface area contributed by atoms with Gasteiger partial charge in [0.15, 0.2) is 0 Å². The van der Waals surface area contributed by atoms with Gasteiger partial charge in [0, 0.05) is 18.6 Å². The van der Waals surface area contributed by atoms with Gasteiger partial charge in [-0.25, -0.2) is 0 Å². The van der Waals surface area contributed by atoms with Crippen LogP contribution in [-0.2, 0) is 43.2 Å². The Kier molecular flexibility index (Phi) is 14.0. The molecular weight excluding hydrogens is 639 g/mol. The van der Waals surface area contributed by atoms with Gasteiger partial charge in [0.05, 0.1) is 13.0 Å². The van der Waals surface area contributed by atoms with Crippen molar-refractivity contribution < 1.29 is 24.0 Å². The Balaban J connectivity index is 1.33. The number of nitrogens with one attached hydrogen (secondary N) is 4. The molecular formula is C38H41N5O5S. The number of carbonyl (C=O) groups excluding carboxylic acids is 5. The van der Waals surface area contributed by atoms with Crippen molar-refractivity contribution in [1.82, 2.24) is 21.3 Å². The predicted molar refractivity (Wildman–Crippen MR) is 192 cm³/mol. The topological polar surface area (TPSA) is 159 Å². The summed E-state index contributed by atoms with van der Waals surface area (Å²) in [6.45, 7) is -0.428. The number of benzene rings is 4. The predicted octanol–water partition coefficient (Wildman–Crippen LogP) is 2.80. The van der Waals surface area contributed by atoms with Gasteiger partial charge >= 0.3 is 0 Å². The maximum Gasteiger partial charge on any atom is 0.243 e. The summed E-state index contributed by atoms with van der Waals surface area (Å²) >= 11 is 1.38. The molecule has 4 rings (SSSR count). The normalized spacial score (nSPS) is 12.5. The van der Waals surface area contributed by atoms with Crippen molar-refractivity contribution in [3.63, 3.8) is 0 Å². The second kappa shape index (κ2) is 18.8. The lowest BCUT2D eigenvalue weighted by atomic mass is 10.0. The SMILES string of the molecule is CSC[C@H](NC(=O)Cc1ccc(-c2ccccc2)cc1)C(=O)NCC(=O)N[C@@H](Cc1ccccc1)C(=O)N[C@@H](Cc1ccccc1)C(N)=O. The second-order valence-corrected chi connectivity index (χ2v) is 12.4. The van der Waals surface area contributed by atoms with Crippen molar-refractivity contribution in [2.24, 2.45) is 5.73 Å². The van der Waals surface area contributed by atoms with Gasteiger partial charge < -0.3 is 27.0 Å². The summed E-state index contributed by atoms with van der Waals surface area (Å²) in [5.74, 6) is -2.48. The van der Waals surface area contributed by atoms with E-state index in [1.807, 2.05) is 122 Å². The number of amides is 5. The lowest BCUT2D eigenvalue weighted by Crippen LogP contribution is -2.56. The van der Waals surface area contributed by atoms with Crippen LogP contribution in [0.3, 0.4) is 0 Å². The van der Waals surface area contributed by atoms with Gasteiger partial charge in [-0.15, -0.1) is 0 Å². The molecule has 0 radical (unpaired) electrons. The van der Waals surface area contributed by atoms with Crippen LogP contribution in [0, 0.1) is 0 Å². The standard InChI is InChI=1S/C38H41N5O5S/c1-49-25-33(42-34(44)23-28-17-19-30(20-18-28)29-15-9-4-10-16-29)37(47)40-24-35(45)41-32(22-27-13-7-3-8-14-27)38(48)43-31(36(39)46)21-26-11-5-2-6-12-26/h2-20,31-33H,21-25H2,1H3,(H2,39,46)(H,40,47)(H,41,45)(H,42,44)(H,43,48)/t31-,32-,33-/m0/s1. The molecule has 4 aromatic rings. The second-order valence-electron chi connectivity index (χ2n) is 11.5. The minimum atomic E-state index is -1.06. The molecule has 3 atom stereocenters. The van der Waals surface area contributed by atoms with E-state index >= 15 is 0 Å². The average Bonchev–Trinajstić information content (AvgIpc) is 3.11. The Morgan fingerprint density at radius 3 is 1.63 bits per heavy atom. The first kappa shape index (κ1) is 36.4. The summed E-state index contributed by atoms with van der Waals surface area (Å²) in [5.41, 5.74) is 10.1. The Morgan fingerprint density at radius 1 is 0.571 bits per heavy atom. The zero-order valence-corrected chi connectivity index (χ0v) is 28.1. The highest BCUT2D eigenvalue weighted by Crippen LogP contribution is 2.19. The van der Waals surface area contributed by atoms with E-state index in [1.165, 1.54) is 11.8 Å². The molecule has 0 aromatic heterocycles. The molecule has 0 aliphatic heterocycles. The molecule has 254 valence electrons. The van der Waals surface area contributed by atoms with Crippen LogP contribution < -0.4 is 27.0 Å². The summed E-state index contributed by atoms with van der Waals surface area (Å²) in [6.07, 6.45) is 2.22. The first-order valence-electron chi connectivity index (χ1n) is 15.9. The molecule has 0 aliphatic carbocycles. The number of hydrogen-bond acceptors (Lipinski definition) is 6. The minimum Gasteiger partial charge on any atom is -0.368 e. The molecule has 0 heterocycles. The van der Waals surface area contributed by atoms with Crippen molar-refractivity contribution in [1.29, 1.82) is 0 Å². The summed E-state index contributed by atoms with van der Waals surface area (Å²) in [6, 6.07) is 32.9. The third-order valence-electron chi connectivity index (χ3n) is 7.71. The minimum absolute atomic E-state index is 0.0839. The molecule has 0 saturated heterocycles. The Morgan fingerprint density at radius 2 is 1.08 bits per heavy atom. The van der Waals surface area contributed by atoms with Crippen LogP contribution in [0.1, 0.15) is 16.7 Å². The molecule has 5 amide bonds. The highest BCUT2D eigenvalue weighted by atomic mass is 32.2. The quantitative estimate of drug-likeness (QED) is 0.115. The van der Waals surface area contributed by atoms with E-state index in [0.717, 1.165) is 27.8 Å². The molecule has 0 unspecified atom stereocenters. The summed E-state index contributed by atoms with van der Waals surface area (Å²) in [4.78, 5) is 64.6. The summed E-state index contributed by atoms with van der Waals surface area (Å²) in [5, 5.41) is 10.7. The maximum atomic E-state index is 13.4. The van der Waals surface area contributed by atoms with E-state index in [0.29, 0.717) is 5.75 Å². The largest absolute Gasteiger partial charge is 0.368 e. The van der Waals surface area contributed by atoms with Gasteiger partial charge in [-0.05, 0) is 34.1 Å². The Bertz CT molecular complexity index is 1690. The summed E-state index contributed by atoms with van der Waals surface area (Å²) in [7, 11) is 0. The molecule has 11 heteroatoms. The van der Waals surface area contributed by atoms with Crippen LogP contribution >= 0.6 is 11.8 Å². The van der Waals surface area contributed by atoms with Crippen molar-refractivity contribution in [2.75, 3.05) is 18.6 Å². The zero-order chi connectivity index (χ0) is 35.0. The van der Waals surface area contributed by atoms with Crippen LogP contribution in [0.2, 0.25) is 0 Å². The monoisotopic (exact) mass is 679 g/mol. The van der Waals surface area contributed by atoms with E-state index in [4.69, 9.17) is 5.73 Å². The highest BCUT2D eigenvalue weighted by Gasteiger charge is 2.27. The fraction of sp³-hybridized carbons (Fsp3) is 0.237. The molecule has 6 N–H and O–H groups in total. The van der Waals surface area contributed by atoms with Gasteiger partial charge in [0.1, 0.15) is 18.1 Å². The average molecular weight is 680 g/mol. The number of rotatable bonds is 17. The first-order valence-corrected chi connectivity index (χ1v) is 17.3. The van der Waals surface area contributed by atoms with E-state index in [2.05, 4.69) is 21.3 Å². The summed E-state index contributed by atoms with van der Waals surface area (Å²) < 4.78 is 0. The Labute approximate surface area is 290 Å². The van der Waals surface area contributed by atoms with Gasteiger partial charge in [-0.3, -0.25) is 24.0 Å². The van der Waals surface area contributed by atoms with Crippen LogP contribution in [0.15, 0.2) is 115 Å². The number of nitrogens with two attached hydrogens (primary N) is 1. The number of hydrogen-bond donors (Lipinski definition) is 5. The first-order chi connectivity index (χ1) is 23.7. The van der Waals surface area contributed by atoms with Gasteiger partial charge in [0.2, 0.25) is 29.5 Å². The third kappa shape index (κ3) is 12.0. The number of thioether (sulfide) groups is 1. The van der Waals surface area contributed by atoms with E-state index < -0.39 is 48.3 Å². The molecule has 0 bridgehead atoms. The van der Waals surface area contributed by atoms with Crippen molar-refractivity contribution in [3.8, 4) is 11.1 Å². The Hall–Kier alpha value is -5.42. The van der Waals surface area contributed by atoms with Crippen LogP contribution in [0.25, 0.3) is 11.1 Å². The van der Waals surface area contributed by atoms with Crippen molar-refractivity contribution >= 4 is 41.3 Å². The fourth-order valence-electron chi connectivity index (χ4n) is 5.17. The van der Waals surface area contributed by atoms with Crippen LogP contribution in [0.4, 0.5) is 0 Å². The van der Waals surface area contributed by atoms with Gasteiger partial charge in [0.25, 0.3) is 0 Å². The molecule has 4 aromatic carbocycles. The van der Waals surface area contributed by atoms with Gasteiger partial charge in [-0.2, -0.15) is 11.8 Å². The van der Waals surface area contributed by atoms with Gasteiger partial charge in [-0.1, -0.05) is 115 Å². The highest BCUT2D eigenvalue weighted by molar-refractivity contribution is 7.98. The van der Waals surface area contributed by atoms with Crippen molar-refractivity contribution in [2.45, 2.75) is 37.4 Å². The lowest BCUT2D eigenvalue weighted by Gasteiger charge is -2.23. The third-order valence-corrected chi connectivity index (χ3v) is 8.38.